The molecule has 2 rings (SSSR count). The summed E-state index contributed by atoms with van der Waals surface area (Å²) in [6, 6.07) is 6.18. The van der Waals surface area contributed by atoms with Gasteiger partial charge in [-0.15, -0.1) is 0 Å². The lowest BCUT2D eigenvalue weighted by molar-refractivity contribution is 0.0689. The number of aromatic nitrogens is 2. The molecule has 100 valence electrons. The zero-order valence-corrected chi connectivity index (χ0v) is 12.6. The average Bonchev–Trinajstić information content (AvgIpc) is 2.67. The molecule has 0 aliphatic heterocycles. The Hall–Kier alpha value is -1.44. The number of carboxylic acids is 1. The second-order valence-electron chi connectivity index (χ2n) is 4.37. The number of hydrogen-bond acceptors (Lipinski definition) is 2. The number of aromatic carboxylic acids is 1. The molecule has 0 saturated carbocycles. The summed E-state index contributed by atoms with van der Waals surface area (Å²) in [4.78, 5) is 11.2. The van der Waals surface area contributed by atoms with Crippen molar-refractivity contribution in [3.05, 3.63) is 45.0 Å². The molecule has 4 nitrogen and oxygen atoms in total. The van der Waals surface area contributed by atoms with Crippen LogP contribution in [0.25, 0.3) is 5.69 Å². The lowest BCUT2D eigenvalue weighted by Crippen LogP contribution is -2.06. The minimum absolute atomic E-state index is 0.0344. The maximum Gasteiger partial charge on any atom is 0.357 e. The highest BCUT2D eigenvalue weighted by Gasteiger charge is 2.24. The lowest BCUT2D eigenvalue weighted by Gasteiger charge is -2.11. The van der Waals surface area contributed by atoms with Crippen LogP contribution in [0.3, 0.4) is 0 Å². The van der Waals surface area contributed by atoms with Gasteiger partial charge in [-0.1, -0.05) is 26.0 Å². The molecule has 2 aromatic rings. The number of halogens is 2. The molecule has 0 saturated heterocycles. The number of rotatable bonds is 3. The van der Waals surface area contributed by atoms with Gasteiger partial charge in [-0.25, -0.2) is 13.9 Å². The number of nitrogens with zero attached hydrogens (tertiary/aromatic N) is 2. The summed E-state index contributed by atoms with van der Waals surface area (Å²) in [5.74, 6) is -1.51. The molecule has 1 heterocycles. The van der Waals surface area contributed by atoms with Crippen molar-refractivity contribution in [3.63, 3.8) is 0 Å². The third kappa shape index (κ3) is 2.49. The van der Waals surface area contributed by atoms with E-state index in [1.807, 2.05) is 36.4 Å². The molecule has 0 aliphatic rings. The van der Waals surface area contributed by atoms with Crippen molar-refractivity contribution in [3.8, 4) is 5.69 Å². The van der Waals surface area contributed by atoms with Gasteiger partial charge < -0.3 is 5.11 Å². The van der Waals surface area contributed by atoms with E-state index < -0.39 is 11.8 Å². The highest BCUT2D eigenvalue weighted by molar-refractivity contribution is 14.1. The fraction of sp³-hybridized carbons (Fsp3) is 0.231. The third-order valence-electron chi connectivity index (χ3n) is 2.69. The summed E-state index contributed by atoms with van der Waals surface area (Å²) < 4.78 is 15.8. The van der Waals surface area contributed by atoms with Gasteiger partial charge in [0.15, 0.2) is 5.69 Å². The molecule has 0 radical (unpaired) electrons. The number of para-hydroxylation sites is 1. The zero-order valence-electron chi connectivity index (χ0n) is 10.4. The second-order valence-corrected chi connectivity index (χ2v) is 5.45. The van der Waals surface area contributed by atoms with Crippen LogP contribution in [0.2, 0.25) is 0 Å². The summed E-state index contributed by atoms with van der Waals surface area (Å²) in [6.07, 6.45) is 0. The summed E-state index contributed by atoms with van der Waals surface area (Å²) in [6.45, 7) is 3.84. The lowest BCUT2D eigenvalue weighted by atomic mass is 10.1. The van der Waals surface area contributed by atoms with Crippen LogP contribution in [0.15, 0.2) is 24.3 Å². The highest BCUT2D eigenvalue weighted by Crippen LogP contribution is 2.28. The van der Waals surface area contributed by atoms with Crippen LogP contribution in [-0.4, -0.2) is 20.9 Å². The van der Waals surface area contributed by atoms with Crippen LogP contribution in [0.4, 0.5) is 4.39 Å². The van der Waals surface area contributed by atoms with Gasteiger partial charge in [0.2, 0.25) is 0 Å². The first-order valence-electron chi connectivity index (χ1n) is 5.70. The van der Waals surface area contributed by atoms with Crippen molar-refractivity contribution in [1.29, 1.82) is 0 Å². The quantitative estimate of drug-likeness (QED) is 0.838. The Bertz CT molecular complexity index is 638. The Balaban J connectivity index is 2.73. The van der Waals surface area contributed by atoms with Gasteiger partial charge >= 0.3 is 5.97 Å². The zero-order chi connectivity index (χ0) is 14.2. The van der Waals surface area contributed by atoms with E-state index in [1.54, 1.807) is 18.2 Å². The Labute approximate surface area is 123 Å². The van der Waals surface area contributed by atoms with E-state index in [0.29, 0.717) is 9.26 Å². The van der Waals surface area contributed by atoms with Gasteiger partial charge in [0.1, 0.15) is 11.5 Å². The maximum absolute atomic E-state index is 13.9. The van der Waals surface area contributed by atoms with Gasteiger partial charge in [0.25, 0.3) is 0 Å². The Morgan fingerprint density at radius 1 is 1.42 bits per heavy atom. The molecule has 0 spiro atoms. The fourth-order valence-electron chi connectivity index (χ4n) is 1.85. The molecule has 0 atom stereocenters. The standard InChI is InChI=1S/C13H12FIN2O2/c1-7(2)12-10(15)11(13(18)19)16-17(12)9-6-4-3-5-8(9)14/h3-7H,1-2H3,(H,18,19). The van der Waals surface area contributed by atoms with E-state index in [4.69, 9.17) is 5.11 Å². The smallest absolute Gasteiger partial charge is 0.357 e. The second kappa shape index (κ2) is 5.28. The minimum Gasteiger partial charge on any atom is -0.476 e. The molecule has 0 aliphatic carbocycles. The van der Waals surface area contributed by atoms with Crippen LogP contribution in [0.5, 0.6) is 0 Å². The predicted octanol–water partition coefficient (Wildman–Crippen LogP) is 3.44. The van der Waals surface area contributed by atoms with E-state index in [0.717, 1.165) is 0 Å². The van der Waals surface area contributed by atoms with Gasteiger partial charge in [-0.3, -0.25) is 0 Å². The molecule has 1 aromatic carbocycles. The monoisotopic (exact) mass is 374 g/mol. The van der Waals surface area contributed by atoms with E-state index in [2.05, 4.69) is 5.10 Å². The largest absolute Gasteiger partial charge is 0.476 e. The Morgan fingerprint density at radius 2 is 2.05 bits per heavy atom. The van der Waals surface area contributed by atoms with Crippen molar-refractivity contribution in [1.82, 2.24) is 9.78 Å². The Kier molecular flexibility index (Phi) is 3.88. The molecule has 0 fully saturated rings. The van der Waals surface area contributed by atoms with Crippen LogP contribution < -0.4 is 0 Å². The molecule has 0 bridgehead atoms. The first kappa shape index (κ1) is 14.0. The number of benzene rings is 1. The van der Waals surface area contributed by atoms with E-state index in [9.17, 15) is 9.18 Å². The number of hydrogen-bond donors (Lipinski definition) is 1. The van der Waals surface area contributed by atoms with Crippen molar-refractivity contribution in [2.45, 2.75) is 19.8 Å². The number of carbonyl (C=O) groups is 1. The molecule has 0 unspecified atom stereocenters. The molecule has 0 amide bonds. The molecule has 1 aromatic heterocycles. The molecular formula is C13H12FIN2O2. The maximum atomic E-state index is 13.9. The fourth-order valence-corrected chi connectivity index (χ4v) is 3.04. The van der Waals surface area contributed by atoms with Crippen molar-refractivity contribution in [2.75, 3.05) is 0 Å². The van der Waals surface area contributed by atoms with E-state index in [-0.39, 0.29) is 17.3 Å². The summed E-state index contributed by atoms with van der Waals surface area (Å²) >= 11 is 1.94. The van der Waals surface area contributed by atoms with Gasteiger partial charge in [-0.05, 0) is 40.6 Å². The first-order valence-corrected chi connectivity index (χ1v) is 6.78. The molecule has 6 heteroatoms. The molecular weight excluding hydrogens is 362 g/mol. The van der Waals surface area contributed by atoms with Crippen LogP contribution in [0, 0.1) is 9.39 Å². The first-order chi connectivity index (χ1) is 8.93. The van der Waals surface area contributed by atoms with Crippen molar-refractivity contribution < 1.29 is 14.3 Å². The summed E-state index contributed by atoms with van der Waals surface area (Å²) in [5, 5.41) is 13.2. The van der Waals surface area contributed by atoms with E-state index in [1.165, 1.54) is 10.7 Å². The van der Waals surface area contributed by atoms with Crippen molar-refractivity contribution >= 4 is 28.6 Å². The summed E-state index contributed by atoms with van der Waals surface area (Å²) in [7, 11) is 0. The Morgan fingerprint density at radius 3 is 2.58 bits per heavy atom. The number of carboxylic acid groups (broad SMARTS) is 1. The van der Waals surface area contributed by atoms with Crippen LogP contribution >= 0.6 is 22.6 Å². The van der Waals surface area contributed by atoms with Gasteiger partial charge in [0, 0.05) is 0 Å². The third-order valence-corrected chi connectivity index (χ3v) is 3.75. The van der Waals surface area contributed by atoms with Crippen LogP contribution in [0.1, 0.15) is 35.9 Å². The topological polar surface area (TPSA) is 55.1 Å². The normalized spacial score (nSPS) is 11.0. The molecule has 1 N–H and O–H groups in total. The summed E-state index contributed by atoms with van der Waals surface area (Å²) in [5.41, 5.74) is 0.910. The molecule has 19 heavy (non-hydrogen) atoms. The van der Waals surface area contributed by atoms with Gasteiger partial charge in [-0.2, -0.15) is 5.10 Å². The van der Waals surface area contributed by atoms with Crippen molar-refractivity contribution in [2.24, 2.45) is 0 Å². The average molecular weight is 374 g/mol. The highest BCUT2D eigenvalue weighted by atomic mass is 127. The van der Waals surface area contributed by atoms with E-state index >= 15 is 0 Å². The predicted molar refractivity (Wildman–Crippen MR) is 77.3 cm³/mol. The van der Waals surface area contributed by atoms with Crippen LogP contribution in [-0.2, 0) is 0 Å². The minimum atomic E-state index is -1.11. The van der Waals surface area contributed by atoms with Gasteiger partial charge in [0.05, 0.1) is 9.26 Å². The SMILES string of the molecule is CC(C)c1c(I)c(C(=O)O)nn1-c1ccccc1F.